The molecule has 32 heavy (non-hydrogen) atoms. The van der Waals surface area contributed by atoms with Gasteiger partial charge >= 0.3 is 0 Å². The summed E-state index contributed by atoms with van der Waals surface area (Å²) in [7, 11) is 0. The van der Waals surface area contributed by atoms with Gasteiger partial charge in [-0.1, -0.05) is 78.1 Å². The molecule has 0 aliphatic heterocycles. The first kappa shape index (κ1) is 25.4. The van der Waals surface area contributed by atoms with Gasteiger partial charge in [0, 0.05) is 21.9 Å². The van der Waals surface area contributed by atoms with Crippen molar-refractivity contribution in [2.45, 2.75) is 90.9 Å². The summed E-state index contributed by atoms with van der Waals surface area (Å²) in [6.45, 7) is 4.52. The Hall–Kier alpha value is -1.23. The van der Waals surface area contributed by atoms with Crippen molar-refractivity contribution in [3.05, 3.63) is 44.6 Å². The first-order chi connectivity index (χ1) is 15.7. The molecule has 3 heterocycles. The maximum atomic E-state index is 13.7. The average Bonchev–Trinajstić information content (AvgIpc) is 3.57. The normalized spacial score (nSPS) is 12.3. The molecule has 0 fully saturated rings. The molecule has 1 nitrogen and oxygen atoms in total. The van der Waals surface area contributed by atoms with Crippen molar-refractivity contribution in [2.24, 2.45) is 5.92 Å². The fourth-order valence-corrected chi connectivity index (χ4v) is 6.92. The lowest BCUT2D eigenvalue weighted by Crippen LogP contribution is -2.14. The van der Waals surface area contributed by atoms with Gasteiger partial charge < -0.3 is 0 Å². The third kappa shape index (κ3) is 7.40. The van der Waals surface area contributed by atoms with Crippen LogP contribution in [0.15, 0.2) is 39.7 Å². The Kier molecular flexibility index (Phi) is 11.2. The molecular weight excluding hydrogens is 449 g/mol. The minimum absolute atomic E-state index is 0.183. The molecule has 0 aliphatic rings. The zero-order chi connectivity index (χ0) is 22.6. The van der Waals surface area contributed by atoms with Gasteiger partial charge in [0.25, 0.3) is 0 Å². The van der Waals surface area contributed by atoms with E-state index in [1.165, 1.54) is 85.8 Å². The number of thiophene rings is 3. The van der Waals surface area contributed by atoms with Gasteiger partial charge in [0.05, 0.1) is 4.88 Å². The molecule has 0 spiro atoms. The molecule has 0 bridgehead atoms. The first-order valence-corrected chi connectivity index (χ1v) is 15.2. The largest absolute Gasteiger partial charge is 0.293 e. The number of Topliss-reactive ketones (excluding diaryl/α,β-unsaturated/α-hetero) is 1. The molecule has 4 heteroatoms. The van der Waals surface area contributed by atoms with Gasteiger partial charge in [-0.3, -0.25) is 4.79 Å². The maximum absolute atomic E-state index is 13.7. The van der Waals surface area contributed by atoms with Gasteiger partial charge in [-0.25, -0.2) is 0 Å². The van der Waals surface area contributed by atoms with Crippen LogP contribution in [-0.4, -0.2) is 5.78 Å². The van der Waals surface area contributed by atoms with Crippen molar-refractivity contribution in [1.82, 2.24) is 0 Å². The molecule has 3 aromatic heterocycles. The molecule has 3 rings (SSSR count). The summed E-state index contributed by atoms with van der Waals surface area (Å²) in [6, 6.07) is 6.54. The van der Waals surface area contributed by atoms with E-state index < -0.39 is 0 Å². The molecule has 1 atom stereocenters. The van der Waals surface area contributed by atoms with Crippen molar-refractivity contribution in [3.63, 3.8) is 0 Å². The van der Waals surface area contributed by atoms with Gasteiger partial charge in [-0.15, -0.1) is 11.3 Å². The number of hydrogen-bond acceptors (Lipinski definition) is 4. The second-order valence-corrected chi connectivity index (χ2v) is 11.5. The molecule has 0 aromatic carbocycles. The van der Waals surface area contributed by atoms with E-state index in [-0.39, 0.29) is 5.92 Å². The van der Waals surface area contributed by atoms with Crippen molar-refractivity contribution in [1.29, 1.82) is 0 Å². The van der Waals surface area contributed by atoms with E-state index in [0.717, 1.165) is 17.7 Å². The Morgan fingerprint density at radius 1 is 0.781 bits per heavy atom. The van der Waals surface area contributed by atoms with Crippen molar-refractivity contribution in [3.8, 4) is 21.6 Å². The van der Waals surface area contributed by atoms with E-state index in [1.807, 2.05) is 0 Å². The fourth-order valence-electron chi connectivity index (χ4n) is 4.35. The predicted molar refractivity (Wildman–Crippen MR) is 146 cm³/mol. The highest BCUT2D eigenvalue weighted by atomic mass is 32.1. The van der Waals surface area contributed by atoms with Gasteiger partial charge in [-0.05, 0) is 58.1 Å². The summed E-state index contributed by atoms with van der Waals surface area (Å²) in [4.78, 5) is 15.9. The van der Waals surface area contributed by atoms with E-state index in [2.05, 4.69) is 53.6 Å². The van der Waals surface area contributed by atoms with E-state index >= 15 is 0 Å². The molecule has 1 unspecified atom stereocenters. The van der Waals surface area contributed by atoms with Crippen molar-refractivity contribution in [2.75, 3.05) is 0 Å². The second kappa shape index (κ2) is 14.1. The smallest absolute Gasteiger partial charge is 0.175 e. The molecular formula is C28H38OS3. The van der Waals surface area contributed by atoms with Gasteiger partial charge in [0.2, 0.25) is 0 Å². The third-order valence-electron chi connectivity index (χ3n) is 6.27. The minimum Gasteiger partial charge on any atom is -0.293 e. The van der Waals surface area contributed by atoms with Crippen molar-refractivity contribution < 1.29 is 4.79 Å². The number of carbonyl (C=O) groups is 1. The van der Waals surface area contributed by atoms with E-state index in [1.54, 1.807) is 34.0 Å². The summed E-state index contributed by atoms with van der Waals surface area (Å²) in [5, 5.41) is 8.66. The quantitative estimate of drug-likeness (QED) is 0.145. The second-order valence-electron chi connectivity index (χ2n) is 8.84. The highest BCUT2D eigenvalue weighted by Crippen LogP contribution is 2.42. The lowest BCUT2D eigenvalue weighted by atomic mass is 9.89. The topological polar surface area (TPSA) is 17.1 Å². The Balaban J connectivity index is 1.74. The fraction of sp³-hybridized carbons (Fsp3) is 0.536. The Morgan fingerprint density at radius 2 is 1.34 bits per heavy atom. The summed E-state index contributed by atoms with van der Waals surface area (Å²) in [5.74, 6) is 0.570. The molecule has 0 radical (unpaired) electrons. The summed E-state index contributed by atoms with van der Waals surface area (Å²) < 4.78 is 0. The van der Waals surface area contributed by atoms with Gasteiger partial charge in [-0.2, -0.15) is 22.7 Å². The third-order valence-corrected chi connectivity index (χ3v) is 8.84. The molecule has 0 amide bonds. The number of hydrogen-bond donors (Lipinski definition) is 0. The summed E-state index contributed by atoms with van der Waals surface area (Å²) in [5.41, 5.74) is 3.71. The molecule has 0 saturated carbocycles. The number of carbonyl (C=O) groups excluding carboxylic acids is 1. The Morgan fingerprint density at radius 3 is 1.94 bits per heavy atom. The summed E-state index contributed by atoms with van der Waals surface area (Å²) >= 11 is 5.15. The molecule has 0 N–H and O–H groups in total. The van der Waals surface area contributed by atoms with Crippen LogP contribution in [0.5, 0.6) is 0 Å². The Bertz CT molecular complexity index is 838. The van der Waals surface area contributed by atoms with Crippen LogP contribution in [0.1, 0.15) is 101 Å². The highest BCUT2D eigenvalue weighted by molar-refractivity contribution is 7.18. The van der Waals surface area contributed by atoms with E-state index in [0.29, 0.717) is 5.78 Å². The first-order valence-electron chi connectivity index (χ1n) is 12.5. The highest BCUT2D eigenvalue weighted by Gasteiger charge is 2.24. The van der Waals surface area contributed by atoms with Crippen LogP contribution in [0, 0.1) is 5.92 Å². The zero-order valence-electron chi connectivity index (χ0n) is 19.7. The molecule has 174 valence electrons. The van der Waals surface area contributed by atoms with Crippen LogP contribution in [0.25, 0.3) is 21.6 Å². The average molecular weight is 487 g/mol. The number of unbranched alkanes of at least 4 members (excludes halogenated alkanes) is 8. The van der Waals surface area contributed by atoms with Gasteiger partial charge in [0.15, 0.2) is 5.78 Å². The molecule has 0 saturated heterocycles. The van der Waals surface area contributed by atoms with Gasteiger partial charge in [0.1, 0.15) is 0 Å². The SMILES string of the molecule is CCCCCCCCC(CCCCCC)C(=O)c1cc(-c2ccsc2)c(-c2ccsc2)s1. The lowest BCUT2D eigenvalue weighted by molar-refractivity contribution is 0.0906. The predicted octanol–water partition coefficient (Wildman–Crippen LogP) is 10.7. The zero-order valence-corrected chi connectivity index (χ0v) is 22.2. The van der Waals surface area contributed by atoms with Crippen LogP contribution in [0.4, 0.5) is 0 Å². The minimum atomic E-state index is 0.183. The number of rotatable bonds is 16. The lowest BCUT2D eigenvalue weighted by Gasteiger charge is -2.15. The monoisotopic (exact) mass is 486 g/mol. The van der Waals surface area contributed by atoms with E-state index in [9.17, 15) is 4.79 Å². The van der Waals surface area contributed by atoms with Crippen LogP contribution in [0.3, 0.4) is 0 Å². The Labute approximate surface area is 206 Å². The van der Waals surface area contributed by atoms with Crippen LogP contribution in [-0.2, 0) is 0 Å². The van der Waals surface area contributed by atoms with Crippen LogP contribution < -0.4 is 0 Å². The molecule has 3 aromatic rings. The van der Waals surface area contributed by atoms with Crippen molar-refractivity contribution >= 4 is 39.8 Å². The van der Waals surface area contributed by atoms with Crippen LogP contribution in [0.2, 0.25) is 0 Å². The molecule has 0 aliphatic carbocycles. The number of ketones is 1. The summed E-state index contributed by atoms with van der Waals surface area (Å²) in [6.07, 6.45) is 14.8. The maximum Gasteiger partial charge on any atom is 0.175 e. The van der Waals surface area contributed by atoms with Crippen LogP contribution >= 0.6 is 34.0 Å². The standard InChI is InChI=1S/C28H38OS3/c1-3-5-7-9-10-12-14-22(13-11-8-6-4-2)27(29)26-19-25(23-15-17-30-20-23)28(32-26)24-16-18-31-21-24/h15-22H,3-14H2,1-2H3. The van der Waals surface area contributed by atoms with E-state index in [4.69, 9.17) is 0 Å².